The molecule has 2 rings (SSSR count). The summed E-state index contributed by atoms with van der Waals surface area (Å²) in [6, 6.07) is 12.7. The van der Waals surface area contributed by atoms with Crippen LogP contribution >= 0.6 is 0 Å². The Morgan fingerprint density at radius 2 is 1.75 bits per heavy atom. The highest BCUT2D eigenvalue weighted by Crippen LogP contribution is 2.21. The normalized spacial score (nSPS) is 9.88. The first-order valence-electron chi connectivity index (χ1n) is 5.80. The molecule has 0 unspecified atom stereocenters. The molecule has 0 amide bonds. The van der Waals surface area contributed by atoms with E-state index in [0.717, 1.165) is 18.4 Å². The van der Waals surface area contributed by atoms with Crippen molar-refractivity contribution in [2.45, 2.75) is 26.7 Å². The summed E-state index contributed by atoms with van der Waals surface area (Å²) in [5.41, 5.74) is 2.46. The van der Waals surface area contributed by atoms with Crippen molar-refractivity contribution in [2.75, 3.05) is 0 Å². The summed E-state index contributed by atoms with van der Waals surface area (Å²) in [5.74, 6) is 6.48. The van der Waals surface area contributed by atoms with Crippen molar-refractivity contribution in [3.8, 4) is 11.8 Å². The van der Waals surface area contributed by atoms with E-state index in [-0.39, 0.29) is 0 Å². The number of rotatable bonds is 1. The van der Waals surface area contributed by atoms with Gasteiger partial charge in [0.1, 0.15) is 0 Å². The highest BCUT2D eigenvalue weighted by atomic mass is 14.0. The van der Waals surface area contributed by atoms with Crippen LogP contribution in [0.3, 0.4) is 0 Å². The monoisotopic (exact) mass is 208 g/mol. The van der Waals surface area contributed by atoms with Gasteiger partial charge in [0, 0.05) is 12.0 Å². The first-order valence-corrected chi connectivity index (χ1v) is 5.80. The Morgan fingerprint density at radius 1 is 1.00 bits per heavy atom. The lowest BCUT2D eigenvalue weighted by atomic mass is 10.0. The average Bonchev–Trinajstić information content (AvgIpc) is 2.33. The largest absolute Gasteiger partial charge is 0.0979 e. The molecule has 0 aliphatic carbocycles. The van der Waals surface area contributed by atoms with Crippen molar-refractivity contribution >= 4 is 10.8 Å². The molecule has 0 saturated heterocycles. The molecule has 0 aliphatic rings. The third-order valence-corrected chi connectivity index (χ3v) is 2.74. The Morgan fingerprint density at radius 3 is 2.50 bits per heavy atom. The van der Waals surface area contributed by atoms with Crippen LogP contribution in [0.25, 0.3) is 10.8 Å². The third kappa shape index (κ3) is 2.09. The zero-order valence-electron chi connectivity index (χ0n) is 9.88. The zero-order valence-corrected chi connectivity index (χ0v) is 9.88. The number of aryl methyl sites for hydroxylation is 1. The number of fused-ring (bicyclic) bond motifs is 1. The molecule has 16 heavy (non-hydrogen) atoms. The van der Waals surface area contributed by atoms with Gasteiger partial charge in [-0.3, -0.25) is 0 Å². The maximum absolute atomic E-state index is 3.27. The number of hydrogen-bond acceptors (Lipinski definition) is 0. The molecule has 2 aromatic rings. The van der Waals surface area contributed by atoms with Crippen LogP contribution < -0.4 is 0 Å². The van der Waals surface area contributed by atoms with E-state index in [1.807, 2.05) is 0 Å². The van der Waals surface area contributed by atoms with Gasteiger partial charge in [-0.25, -0.2) is 0 Å². The maximum Gasteiger partial charge on any atom is 0.0323 e. The smallest absolute Gasteiger partial charge is 0.0323 e. The Balaban J connectivity index is 2.56. The average molecular weight is 208 g/mol. The van der Waals surface area contributed by atoms with Gasteiger partial charge in [0.2, 0.25) is 0 Å². The van der Waals surface area contributed by atoms with Crippen molar-refractivity contribution in [1.29, 1.82) is 0 Å². The van der Waals surface area contributed by atoms with Crippen molar-refractivity contribution in [3.63, 3.8) is 0 Å². The fourth-order valence-electron chi connectivity index (χ4n) is 1.84. The van der Waals surface area contributed by atoms with Crippen molar-refractivity contribution < 1.29 is 0 Å². The maximum atomic E-state index is 3.27. The second-order valence-corrected chi connectivity index (χ2v) is 4.03. The molecule has 0 atom stereocenters. The molecule has 0 aromatic heterocycles. The topological polar surface area (TPSA) is 0 Å². The summed E-state index contributed by atoms with van der Waals surface area (Å²) in [5, 5.41) is 2.58. The summed E-state index contributed by atoms with van der Waals surface area (Å²) in [4.78, 5) is 0. The van der Waals surface area contributed by atoms with Gasteiger partial charge in [-0.15, -0.1) is 0 Å². The van der Waals surface area contributed by atoms with Crippen LogP contribution in [0.1, 0.15) is 30.9 Å². The Labute approximate surface area is 97.3 Å². The fourth-order valence-corrected chi connectivity index (χ4v) is 1.84. The summed E-state index contributed by atoms with van der Waals surface area (Å²) in [6.45, 7) is 4.30. The fraction of sp³-hybridized carbons (Fsp3) is 0.250. The van der Waals surface area contributed by atoms with Crippen LogP contribution in [-0.4, -0.2) is 0 Å². The van der Waals surface area contributed by atoms with E-state index in [4.69, 9.17) is 0 Å². The quantitative estimate of drug-likeness (QED) is 0.613. The highest BCUT2D eigenvalue weighted by Gasteiger charge is 1.99. The molecule has 0 nitrogen and oxygen atoms in total. The molecular weight excluding hydrogens is 192 g/mol. The van der Waals surface area contributed by atoms with E-state index in [0.29, 0.717) is 0 Å². The van der Waals surface area contributed by atoms with Crippen LogP contribution in [0, 0.1) is 18.8 Å². The standard InChI is InChI=1S/C16H16/c1-3-4-5-8-14-12-11-13(2)15-9-6-7-10-16(14)15/h6-7,9-12H,3-4H2,1-2H3. The second kappa shape index (κ2) is 4.86. The predicted molar refractivity (Wildman–Crippen MR) is 70.5 cm³/mol. The number of hydrogen-bond donors (Lipinski definition) is 0. The van der Waals surface area contributed by atoms with Crippen LogP contribution in [0.5, 0.6) is 0 Å². The van der Waals surface area contributed by atoms with E-state index in [2.05, 4.69) is 62.1 Å². The van der Waals surface area contributed by atoms with Gasteiger partial charge in [-0.1, -0.05) is 49.1 Å². The lowest BCUT2D eigenvalue weighted by Gasteiger charge is -2.03. The van der Waals surface area contributed by atoms with Gasteiger partial charge in [0.25, 0.3) is 0 Å². The van der Waals surface area contributed by atoms with Gasteiger partial charge < -0.3 is 0 Å². The molecular formula is C16H16. The molecule has 0 heteroatoms. The molecule has 2 aromatic carbocycles. The highest BCUT2D eigenvalue weighted by molar-refractivity contribution is 5.90. The van der Waals surface area contributed by atoms with Gasteiger partial charge in [0.05, 0.1) is 0 Å². The second-order valence-electron chi connectivity index (χ2n) is 4.03. The van der Waals surface area contributed by atoms with Crippen LogP contribution in [0.15, 0.2) is 36.4 Å². The molecule has 0 fully saturated rings. The van der Waals surface area contributed by atoms with Crippen LogP contribution in [-0.2, 0) is 0 Å². The minimum Gasteiger partial charge on any atom is -0.0979 e. The first-order chi connectivity index (χ1) is 7.83. The van der Waals surface area contributed by atoms with E-state index in [9.17, 15) is 0 Å². The van der Waals surface area contributed by atoms with Gasteiger partial charge in [-0.2, -0.15) is 0 Å². The Kier molecular flexibility index (Phi) is 3.27. The van der Waals surface area contributed by atoms with Crippen LogP contribution in [0.4, 0.5) is 0 Å². The van der Waals surface area contributed by atoms with Gasteiger partial charge >= 0.3 is 0 Å². The van der Waals surface area contributed by atoms with Gasteiger partial charge in [-0.05, 0) is 35.7 Å². The predicted octanol–water partition coefficient (Wildman–Crippen LogP) is 4.30. The Hall–Kier alpha value is -1.74. The summed E-state index contributed by atoms with van der Waals surface area (Å²) in [6.07, 6.45) is 2.10. The van der Waals surface area contributed by atoms with Crippen molar-refractivity contribution in [1.82, 2.24) is 0 Å². The first kappa shape index (κ1) is 10.8. The minimum atomic E-state index is 0.974. The van der Waals surface area contributed by atoms with E-state index in [1.165, 1.54) is 16.3 Å². The lowest BCUT2D eigenvalue weighted by molar-refractivity contribution is 0.983. The Bertz CT molecular complexity index is 553. The summed E-state index contributed by atoms with van der Waals surface area (Å²) < 4.78 is 0. The van der Waals surface area contributed by atoms with Crippen molar-refractivity contribution in [2.24, 2.45) is 0 Å². The van der Waals surface area contributed by atoms with E-state index < -0.39 is 0 Å². The summed E-state index contributed by atoms with van der Waals surface area (Å²) in [7, 11) is 0. The number of benzene rings is 2. The van der Waals surface area contributed by atoms with Gasteiger partial charge in [0.15, 0.2) is 0 Å². The summed E-state index contributed by atoms with van der Waals surface area (Å²) >= 11 is 0. The lowest BCUT2D eigenvalue weighted by Crippen LogP contribution is -1.83. The zero-order chi connectivity index (χ0) is 11.4. The third-order valence-electron chi connectivity index (χ3n) is 2.74. The van der Waals surface area contributed by atoms with Crippen molar-refractivity contribution in [3.05, 3.63) is 47.5 Å². The molecule has 0 aliphatic heterocycles. The molecule has 0 N–H and O–H groups in total. The molecule has 0 radical (unpaired) electrons. The SMILES string of the molecule is CCCC#Cc1ccc(C)c2ccccc12. The number of unbranched alkanes of at least 4 members (excludes halogenated alkanes) is 1. The molecule has 80 valence electrons. The van der Waals surface area contributed by atoms with Crippen LogP contribution in [0.2, 0.25) is 0 Å². The minimum absolute atomic E-state index is 0.974. The molecule has 0 heterocycles. The molecule has 0 spiro atoms. The molecule has 0 bridgehead atoms. The van der Waals surface area contributed by atoms with E-state index >= 15 is 0 Å². The molecule has 0 saturated carbocycles. The van der Waals surface area contributed by atoms with E-state index in [1.54, 1.807) is 0 Å².